The zero-order chi connectivity index (χ0) is 13.0. The molecule has 96 valence electrons. The maximum absolute atomic E-state index is 11.3. The van der Waals surface area contributed by atoms with Gasteiger partial charge in [0.2, 0.25) is 5.95 Å². The van der Waals surface area contributed by atoms with Crippen molar-refractivity contribution in [2.45, 2.75) is 6.10 Å². The molecule has 1 aromatic carbocycles. The molecule has 18 heavy (non-hydrogen) atoms. The quantitative estimate of drug-likeness (QED) is 0.631. The summed E-state index contributed by atoms with van der Waals surface area (Å²) in [7, 11) is 0. The van der Waals surface area contributed by atoms with Crippen LogP contribution in [0.25, 0.3) is 11.0 Å². The molecule has 0 aliphatic carbocycles. The number of rotatable bonds is 4. The van der Waals surface area contributed by atoms with E-state index >= 15 is 0 Å². The Balaban J connectivity index is 1.94. The van der Waals surface area contributed by atoms with Crippen LogP contribution in [-0.2, 0) is 4.74 Å². The maximum atomic E-state index is 11.3. The first-order valence-corrected chi connectivity index (χ1v) is 5.36. The van der Waals surface area contributed by atoms with Crippen molar-refractivity contribution in [3.8, 4) is 0 Å². The molecule has 0 spiro atoms. The van der Waals surface area contributed by atoms with Crippen LogP contribution >= 0.6 is 0 Å². The molecule has 0 aliphatic rings. The normalized spacial score (nSPS) is 12.3. The van der Waals surface area contributed by atoms with E-state index in [1.165, 1.54) is 0 Å². The Kier molecular flexibility index (Phi) is 3.75. The number of hydrogen-bond donors (Lipinski definition) is 4. The monoisotopic (exact) mass is 251 g/mol. The fraction of sp³-hybridized carbons (Fsp3) is 0.273. The van der Waals surface area contributed by atoms with E-state index in [1.807, 2.05) is 18.2 Å². The van der Waals surface area contributed by atoms with Crippen LogP contribution in [-0.4, -0.2) is 45.6 Å². The summed E-state index contributed by atoms with van der Waals surface area (Å²) in [6, 6.07) is 7.31. The average Bonchev–Trinajstić information content (AvgIpc) is 2.77. The molecular weight excluding hydrogens is 238 g/mol. The number of anilines is 1. The summed E-state index contributed by atoms with van der Waals surface area (Å²) >= 11 is 0. The highest BCUT2D eigenvalue weighted by Gasteiger charge is 2.10. The van der Waals surface area contributed by atoms with Crippen molar-refractivity contribution >= 4 is 23.1 Å². The van der Waals surface area contributed by atoms with E-state index in [-0.39, 0.29) is 12.6 Å². The molecule has 4 N–H and O–H groups in total. The van der Waals surface area contributed by atoms with Crippen LogP contribution in [0.5, 0.6) is 0 Å². The van der Waals surface area contributed by atoms with E-state index in [9.17, 15) is 4.79 Å². The molecule has 1 atom stereocenters. The summed E-state index contributed by atoms with van der Waals surface area (Å²) in [5.74, 6) is 0.264. The Morgan fingerprint density at radius 1 is 1.50 bits per heavy atom. The number of H-pyrrole nitrogens is 1. The van der Waals surface area contributed by atoms with Crippen molar-refractivity contribution in [2.24, 2.45) is 0 Å². The zero-order valence-electron chi connectivity index (χ0n) is 9.46. The molecule has 0 radical (unpaired) electrons. The first-order chi connectivity index (χ1) is 8.69. The van der Waals surface area contributed by atoms with Crippen molar-refractivity contribution < 1.29 is 19.7 Å². The van der Waals surface area contributed by atoms with E-state index in [1.54, 1.807) is 6.07 Å². The first-order valence-electron chi connectivity index (χ1n) is 5.36. The lowest BCUT2D eigenvalue weighted by Gasteiger charge is -2.07. The molecule has 0 fully saturated rings. The number of aliphatic hydroxyl groups is 2. The minimum Gasteiger partial charge on any atom is -0.446 e. The number of para-hydroxylation sites is 2. The summed E-state index contributed by atoms with van der Waals surface area (Å²) in [5.41, 5.74) is 1.52. The molecule has 0 bridgehead atoms. The van der Waals surface area contributed by atoms with Gasteiger partial charge in [0.1, 0.15) is 12.7 Å². The molecule has 1 unspecified atom stereocenters. The van der Waals surface area contributed by atoms with Crippen molar-refractivity contribution in [3.05, 3.63) is 24.3 Å². The number of hydrogen-bond acceptors (Lipinski definition) is 5. The standard InChI is InChI=1S/C11H13N3O4/c15-5-7(16)6-18-11(17)14-10-12-8-3-1-2-4-9(8)13-10/h1-4,7,15-16H,5-6H2,(H2,12,13,14,17). The van der Waals surface area contributed by atoms with Crippen LogP contribution in [0, 0.1) is 0 Å². The van der Waals surface area contributed by atoms with Gasteiger partial charge in [-0.1, -0.05) is 12.1 Å². The maximum Gasteiger partial charge on any atom is 0.414 e. The largest absolute Gasteiger partial charge is 0.446 e. The van der Waals surface area contributed by atoms with Crippen molar-refractivity contribution in [1.82, 2.24) is 9.97 Å². The third-order valence-electron chi connectivity index (χ3n) is 2.23. The number of nitrogens with zero attached hydrogens (tertiary/aromatic N) is 1. The van der Waals surface area contributed by atoms with E-state index in [4.69, 9.17) is 10.2 Å². The number of nitrogens with one attached hydrogen (secondary N) is 2. The van der Waals surface area contributed by atoms with Crippen LogP contribution in [0.1, 0.15) is 0 Å². The smallest absolute Gasteiger partial charge is 0.414 e. The second-order valence-corrected chi connectivity index (χ2v) is 3.66. The minimum atomic E-state index is -1.08. The van der Waals surface area contributed by atoms with E-state index in [0.717, 1.165) is 11.0 Å². The number of carbonyl (C=O) groups excluding carboxylic acids is 1. The summed E-state index contributed by atoms with van der Waals surface area (Å²) in [4.78, 5) is 18.3. The lowest BCUT2D eigenvalue weighted by atomic mass is 10.3. The van der Waals surface area contributed by atoms with E-state index in [0.29, 0.717) is 0 Å². The van der Waals surface area contributed by atoms with E-state index < -0.39 is 18.8 Å². The van der Waals surface area contributed by atoms with Gasteiger partial charge in [0.25, 0.3) is 0 Å². The molecular formula is C11H13N3O4. The highest BCUT2D eigenvalue weighted by molar-refractivity contribution is 5.86. The highest BCUT2D eigenvalue weighted by Crippen LogP contribution is 2.13. The number of aromatic nitrogens is 2. The molecule has 0 saturated carbocycles. The molecule has 1 aromatic heterocycles. The predicted octanol–water partition coefficient (Wildman–Crippen LogP) is 0.465. The second kappa shape index (κ2) is 5.48. The summed E-state index contributed by atoms with van der Waals surface area (Å²) in [5, 5.41) is 20.0. The zero-order valence-corrected chi connectivity index (χ0v) is 9.46. The molecule has 2 aromatic rings. The Labute approximate surface area is 102 Å². The van der Waals surface area contributed by atoms with Crippen LogP contribution < -0.4 is 5.32 Å². The Bertz CT molecular complexity index is 507. The number of fused-ring (bicyclic) bond motifs is 1. The predicted molar refractivity (Wildman–Crippen MR) is 64.2 cm³/mol. The van der Waals surface area contributed by atoms with Crippen molar-refractivity contribution in [3.63, 3.8) is 0 Å². The number of imidazole rings is 1. The SMILES string of the molecule is O=C(Nc1nc2ccccc2[nH]1)OCC(O)CO. The van der Waals surface area contributed by atoms with Gasteiger partial charge in [-0.15, -0.1) is 0 Å². The minimum absolute atomic E-state index is 0.264. The number of aromatic amines is 1. The third-order valence-corrected chi connectivity index (χ3v) is 2.23. The van der Waals surface area contributed by atoms with Gasteiger partial charge in [-0.2, -0.15) is 0 Å². The van der Waals surface area contributed by atoms with Crippen LogP contribution in [0.2, 0.25) is 0 Å². The lowest BCUT2D eigenvalue weighted by Crippen LogP contribution is -2.24. The Hall–Kier alpha value is -2.12. The molecule has 1 amide bonds. The lowest BCUT2D eigenvalue weighted by molar-refractivity contribution is 0.0361. The van der Waals surface area contributed by atoms with Gasteiger partial charge < -0.3 is 19.9 Å². The summed E-state index contributed by atoms with van der Waals surface area (Å²) in [6.07, 6.45) is -1.83. The van der Waals surface area contributed by atoms with Crippen LogP contribution in [0.3, 0.4) is 0 Å². The summed E-state index contributed by atoms with van der Waals surface area (Å²) < 4.78 is 4.67. The molecule has 7 heteroatoms. The number of carbonyl (C=O) groups is 1. The Morgan fingerprint density at radius 3 is 3.00 bits per heavy atom. The van der Waals surface area contributed by atoms with Gasteiger partial charge in [-0.25, -0.2) is 9.78 Å². The molecule has 1 heterocycles. The molecule has 7 nitrogen and oxygen atoms in total. The van der Waals surface area contributed by atoms with Gasteiger partial charge in [0, 0.05) is 0 Å². The molecule has 0 saturated heterocycles. The fourth-order valence-electron chi connectivity index (χ4n) is 1.37. The van der Waals surface area contributed by atoms with Gasteiger partial charge in [-0.05, 0) is 12.1 Å². The summed E-state index contributed by atoms with van der Waals surface area (Å²) in [6.45, 7) is -0.736. The van der Waals surface area contributed by atoms with Gasteiger partial charge >= 0.3 is 6.09 Å². The fourth-order valence-corrected chi connectivity index (χ4v) is 1.37. The number of aliphatic hydroxyl groups excluding tert-OH is 2. The Morgan fingerprint density at radius 2 is 2.28 bits per heavy atom. The third kappa shape index (κ3) is 2.96. The van der Waals surface area contributed by atoms with Crippen LogP contribution in [0.15, 0.2) is 24.3 Å². The topological polar surface area (TPSA) is 107 Å². The van der Waals surface area contributed by atoms with Crippen molar-refractivity contribution in [2.75, 3.05) is 18.5 Å². The molecule has 0 aliphatic heterocycles. The van der Waals surface area contributed by atoms with Gasteiger partial charge in [-0.3, -0.25) is 5.32 Å². The van der Waals surface area contributed by atoms with E-state index in [2.05, 4.69) is 20.0 Å². The number of ether oxygens (including phenoxy) is 1. The number of benzene rings is 1. The second-order valence-electron chi connectivity index (χ2n) is 3.66. The first kappa shape index (κ1) is 12.3. The van der Waals surface area contributed by atoms with Gasteiger partial charge in [0.05, 0.1) is 17.6 Å². The van der Waals surface area contributed by atoms with Crippen molar-refractivity contribution in [1.29, 1.82) is 0 Å². The van der Waals surface area contributed by atoms with Gasteiger partial charge in [0.15, 0.2) is 0 Å². The molecule has 2 rings (SSSR count). The average molecular weight is 251 g/mol. The number of amides is 1. The highest BCUT2D eigenvalue weighted by atomic mass is 16.6. The van der Waals surface area contributed by atoms with Crippen LogP contribution in [0.4, 0.5) is 10.7 Å².